The molecule has 0 aliphatic carbocycles. The van der Waals surface area contributed by atoms with Crippen LogP contribution in [-0.4, -0.2) is 5.75 Å². The second-order valence-corrected chi connectivity index (χ2v) is 6.40. The first kappa shape index (κ1) is 14.5. The summed E-state index contributed by atoms with van der Waals surface area (Å²) in [6.07, 6.45) is 0. The Morgan fingerprint density at radius 3 is 2.62 bits per heavy atom. The number of hydrogen-bond donors (Lipinski definition) is 1. The Kier molecular flexibility index (Phi) is 4.54. The van der Waals surface area contributed by atoms with E-state index >= 15 is 0 Å². The second-order valence-electron chi connectivity index (χ2n) is 4.93. The van der Waals surface area contributed by atoms with Crippen molar-refractivity contribution in [3.8, 4) is 0 Å². The van der Waals surface area contributed by atoms with Crippen molar-refractivity contribution in [1.29, 1.82) is 0 Å². The molecule has 0 bridgehead atoms. The molecule has 21 heavy (non-hydrogen) atoms. The van der Waals surface area contributed by atoms with E-state index in [9.17, 15) is 0 Å². The van der Waals surface area contributed by atoms with E-state index in [-0.39, 0.29) is 6.04 Å². The molecule has 4 heteroatoms. The zero-order valence-corrected chi connectivity index (χ0v) is 13.0. The molecule has 108 valence electrons. The zero-order chi connectivity index (χ0) is 14.7. The molecule has 1 heterocycles. The Morgan fingerprint density at radius 2 is 1.86 bits per heavy atom. The Bertz CT molecular complexity index is 690. The Morgan fingerprint density at radius 1 is 1.10 bits per heavy atom. The quantitative estimate of drug-likeness (QED) is 0.718. The standard InChI is InChI=1S/C17H16ClNOS/c18-14-7-5-12(6-8-14)10-21-11-15(19)17-9-13-3-1-2-4-16(13)20-17/h1-9,15H,10-11,19H2. The predicted molar refractivity (Wildman–Crippen MR) is 90.8 cm³/mol. The fourth-order valence-corrected chi connectivity index (χ4v) is 3.24. The van der Waals surface area contributed by atoms with Crippen molar-refractivity contribution in [3.05, 3.63) is 70.9 Å². The van der Waals surface area contributed by atoms with Gasteiger partial charge in [-0.15, -0.1) is 0 Å². The van der Waals surface area contributed by atoms with Crippen LogP contribution in [0.5, 0.6) is 0 Å². The highest BCUT2D eigenvalue weighted by Gasteiger charge is 2.11. The lowest BCUT2D eigenvalue weighted by molar-refractivity contribution is 0.516. The van der Waals surface area contributed by atoms with Crippen molar-refractivity contribution in [2.45, 2.75) is 11.8 Å². The van der Waals surface area contributed by atoms with Crippen molar-refractivity contribution < 1.29 is 4.42 Å². The van der Waals surface area contributed by atoms with Crippen LogP contribution < -0.4 is 5.73 Å². The van der Waals surface area contributed by atoms with Crippen LogP contribution >= 0.6 is 23.4 Å². The number of furan rings is 1. The molecule has 1 unspecified atom stereocenters. The number of halogens is 1. The molecule has 0 saturated carbocycles. The molecular weight excluding hydrogens is 302 g/mol. The summed E-state index contributed by atoms with van der Waals surface area (Å²) in [6.45, 7) is 0. The number of thioether (sulfide) groups is 1. The maximum absolute atomic E-state index is 6.21. The number of fused-ring (bicyclic) bond motifs is 1. The van der Waals surface area contributed by atoms with Crippen molar-refractivity contribution in [2.75, 3.05) is 5.75 Å². The maximum atomic E-state index is 6.21. The summed E-state index contributed by atoms with van der Waals surface area (Å²) in [5, 5.41) is 1.87. The summed E-state index contributed by atoms with van der Waals surface area (Å²) in [7, 11) is 0. The molecule has 1 atom stereocenters. The van der Waals surface area contributed by atoms with Crippen molar-refractivity contribution in [1.82, 2.24) is 0 Å². The lowest BCUT2D eigenvalue weighted by atomic mass is 10.2. The highest BCUT2D eigenvalue weighted by atomic mass is 35.5. The van der Waals surface area contributed by atoms with E-state index in [0.29, 0.717) is 0 Å². The van der Waals surface area contributed by atoms with Gasteiger partial charge in [0.15, 0.2) is 0 Å². The molecular formula is C17H16ClNOS. The predicted octanol–water partition coefficient (Wildman–Crippen LogP) is 5.02. The van der Waals surface area contributed by atoms with Crippen LogP contribution in [0.4, 0.5) is 0 Å². The van der Waals surface area contributed by atoms with Gasteiger partial charge in [0, 0.05) is 21.9 Å². The summed E-state index contributed by atoms with van der Waals surface area (Å²) >= 11 is 7.67. The molecule has 2 nitrogen and oxygen atoms in total. The van der Waals surface area contributed by atoms with Gasteiger partial charge < -0.3 is 10.2 Å². The van der Waals surface area contributed by atoms with E-state index in [1.165, 1.54) is 5.56 Å². The average Bonchev–Trinajstić information content (AvgIpc) is 2.93. The maximum Gasteiger partial charge on any atom is 0.134 e. The average molecular weight is 318 g/mol. The molecule has 0 radical (unpaired) electrons. The highest BCUT2D eigenvalue weighted by Crippen LogP contribution is 2.25. The van der Waals surface area contributed by atoms with Gasteiger partial charge in [0.25, 0.3) is 0 Å². The van der Waals surface area contributed by atoms with Crippen molar-refractivity contribution in [3.63, 3.8) is 0 Å². The zero-order valence-electron chi connectivity index (χ0n) is 11.5. The van der Waals surface area contributed by atoms with Gasteiger partial charge in [0.1, 0.15) is 11.3 Å². The van der Waals surface area contributed by atoms with Crippen LogP contribution in [0.15, 0.2) is 59.0 Å². The highest BCUT2D eigenvalue weighted by molar-refractivity contribution is 7.98. The van der Waals surface area contributed by atoms with Gasteiger partial charge in [-0.1, -0.05) is 41.9 Å². The molecule has 1 aromatic heterocycles. The molecule has 0 fully saturated rings. The van der Waals surface area contributed by atoms with Gasteiger partial charge in [-0.2, -0.15) is 11.8 Å². The fraction of sp³-hybridized carbons (Fsp3) is 0.176. The molecule has 0 aliphatic heterocycles. The number of rotatable bonds is 5. The smallest absolute Gasteiger partial charge is 0.134 e. The summed E-state index contributed by atoms with van der Waals surface area (Å²) in [6, 6.07) is 17.8. The van der Waals surface area contributed by atoms with E-state index < -0.39 is 0 Å². The van der Waals surface area contributed by atoms with Gasteiger partial charge in [-0.25, -0.2) is 0 Å². The first-order valence-corrected chi connectivity index (χ1v) is 8.32. The topological polar surface area (TPSA) is 39.2 Å². The van der Waals surface area contributed by atoms with Gasteiger partial charge in [0.05, 0.1) is 6.04 Å². The lowest BCUT2D eigenvalue weighted by Gasteiger charge is -2.08. The third-order valence-corrected chi connectivity index (χ3v) is 4.67. The molecule has 2 N–H and O–H groups in total. The summed E-state index contributed by atoms with van der Waals surface area (Å²) in [5.41, 5.74) is 8.36. The third-order valence-electron chi connectivity index (χ3n) is 3.29. The number of hydrogen-bond acceptors (Lipinski definition) is 3. The number of para-hydroxylation sites is 1. The Balaban J connectivity index is 1.58. The molecule has 0 aliphatic rings. The van der Waals surface area contributed by atoms with Crippen molar-refractivity contribution in [2.24, 2.45) is 5.73 Å². The molecule has 3 aromatic rings. The molecule has 2 aromatic carbocycles. The van der Waals surface area contributed by atoms with Crippen molar-refractivity contribution >= 4 is 34.3 Å². The van der Waals surface area contributed by atoms with Crippen LogP contribution in [-0.2, 0) is 5.75 Å². The molecule has 0 spiro atoms. The third kappa shape index (κ3) is 3.62. The molecule has 0 saturated heterocycles. The van der Waals surface area contributed by atoms with Crippen LogP contribution in [0.3, 0.4) is 0 Å². The van der Waals surface area contributed by atoms with E-state index in [2.05, 4.69) is 0 Å². The van der Waals surface area contributed by atoms with Gasteiger partial charge in [-0.3, -0.25) is 0 Å². The van der Waals surface area contributed by atoms with E-state index in [1.807, 2.05) is 54.6 Å². The van der Waals surface area contributed by atoms with Crippen LogP contribution in [0.2, 0.25) is 5.02 Å². The van der Waals surface area contributed by atoms with E-state index in [0.717, 1.165) is 33.3 Å². The minimum absolute atomic E-state index is 0.0882. The van der Waals surface area contributed by atoms with E-state index in [1.54, 1.807) is 11.8 Å². The number of benzene rings is 2. The first-order valence-electron chi connectivity index (χ1n) is 6.78. The van der Waals surface area contributed by atoms with E-state index in [4.69, 9.17) is 21.8 Å². The van der Waals surface area contributed by atoms with Crippen LogP contribution in [0, 0.1) is 0 Å². The summed E-state index contributed by atoms with van der Waals surface area (Å²) in [5.74, 6) is 2.59. The summed E-state index contributed by atoms with van der Waals surface area (Å²) < 4.78 is 5.79. The van der Waals surface area contributed by atoms with Crippen LogP contribution in [0.1, 0.15) is 17.4 Å². The monoisotopic (exact) mass is 317 g/mol. The number of nitrogens with two attached hydrogens (primary N) is 1. The largest absolute Gasteiger partial charge is 0.459 e. The Hall–Kier alpha value is -1.42. The van der Waals surface area contributed by atoms with Gasteiger partial charge in [0.2, 0.25) is 0 Å². The van der Waals surface area contributed by atoms with Gasteiger partial charge >= 0.3 is 0 Å². The SMILES string of the molecule is NC(CSCc1ccc(Cl)cc1)c1cc2ccccc2o1. The molecule has 0 amide bonds. The molecule has 3 rings (SSSR count). The lowest BCUT2D eigenvalue weighted by Crippen LogP contribution is -2.12. The van der Waals surface area contributed by atoms with Gasteiger partial charge in [-0.05, 0) is 29.8 Å². The van der Waals surface area contributed by atoms with Crippen LogP contribution in [0.25, 0.3) is 11.0 Å². The Labute approximate surface area is 133 Å². The fourth-order valence-electron chi connectivity index (χ4n) is 2.15. The normalized spacial score (nSPS) is 12.7. The minimum Gasteiger partial charge on any atom is -0.459 e. The minimum atomic E-state index is -0.0882. The summed E-state index contributed by atoms with van der Waals surface area (Å²) in [4.78, 5) is 0. The second kappa shape index (κ2) is 6.56. The first-order chi connectivity index (χ1) is 10.2.